The lowest BCUT2D eigenvalue weighted by atomic mass is 10.1. The number of piperidine rings is 1. The smallest absolute Gasteiger partial charge is 0.135 e. The summed E-state index contributed by atoms with van der Waals surface area (Å²) in [5.41, 5.74) is 2.33. The number of nitrogens with zero attached hydrogens (tertiary/aromatic N) is 3. The number of benzene rings is 1. The Morgan fingerprint density at radius 2 is 1.83 bits per heavy atom. The first-order chi connectivity index (χ1) is 11.3. The third-order valence-electron chi connectivity index (χ3n) is 4.52. The average Bonchev–Trinajstić information content (AvgIpc) is 3.41. The van der Waals surface area contributed by atoms with E-state index in [-0.39, 0.29) is 0 Å². The first kappa shape index (κ1) is 14.8. The van der Waals surface area contributed by atoms with Crippen LogP contribution in [0.2, 0.25) is 5.15 Å². The van der Waals surface area contributed by atoms with Gasteiger partial charge in [0.2, 0.25) is 0 Å². The van der Waals surface area contributed by atoms with Gasteiger partial charge >= 0.3 is 0 Å². The second-order valence-corrected chi connectivity index (χ2v) is 6.79. The van der Waals surface area contributed by atoms with Crippen LogP contribution >= 0.6 is 11.6 Å². The summed E-state index contributed by atoms with van der Waals surface area (Å²) < 4.78 is 0. The van der Waals surface area contributed by atoms with E-state index in [1.54, 1.807) is 6.07 Å². The predicted molar refractivity (Wildman–Crippen MR) is 94.8 cm³/mol. The Labute approximate surface area is 141 Å². The number of rotatable bonds is 4. The van der Waals surface area contributed by atoms with E-state index >= 15 is 0 Å². The zero-order valence-electron chi connectivity index (χ0n) is 13.1. The first-order valence-corrected chi connectivity index (χ1v) is 8.83. The summed E-state index contributed by atoms with van der Waals surface area (Å²) in [4.78, 5) is 11.5. The highest BCUT2D eigenvalue weighted by Gasteiger charge is 2.27. The van der Waals surface area contributed by atoms with Gasteiger partial charge in [-0.25, -0.2) is 9.97 Å². The molecule has 1 saturated heterocycles. The maximum Gasteiger partial charge on any atom is 0.135 e. The van der Waals surface area contributed by atoms with Gasteiger partial charge in [-0.2, -0.15) is 0 Å². The maximum atomic E-state index is 6.18. The van der Waals surface area contributed by atoms with Crippen molar-refractivity contribution in [1.82, 2.24) is 9.97 Å². The molecule has 2 aromatic rings. The summed E-state index contributed by atoms with van der Waals surface area (Å²) in [6.45, 7) is 2.24. The van der Waals surface area contributed by atoms with E-state index in [9.17, 15) is 0 Å². The largest absolute Gasteiger partial charge is 0.370 e. The van der Waals surface area contributed by atoms with E-state index in [1.165, 1.54) is 37.8 Å². The molecule has 120 valence electrons. The van der Waals surface area contributed by atoms with Gasteiger partial charge < -0.3 is 10.2 Å². The third kappa shape index (κ3) is 3.42. The van der Waals surface area contributed by atoms with Gasteiger partial charge in [-0.3, -0.25) is 0 Å². The molecule has 1 aliphatic carbocycles. The standard InChI is InChI=1S/C18H21ClN4/c19-16-12-17(22-18(21-16)13-8-9-13)20-14-6-2-3-7-15(14)23-10-4-1-5-11-23/h2-3,6-7,12-13H,1,4-5,8-11H2,(H,20,21,22). The monoisotopic (exact) mass is 328 g/mol. The Morgan fingerprint density at radius 1 is 1.04 bits per heavy atom. The fourth-order valence-electron chi connectivity index (χ4n) is 3.15. The van der Waals surface area contributed by atoms with Crippen molar-refractivity contribution in [3.63, 3.8) is 0 Å². The maximum absolute atomic E-state index is 6.18. The van der Waals surface area contributed by atoms with Gasteiger partial charge in [-0.1, -0.05) is 23.7 Å². The molecular weight excluding hydrogens is 308 g/mol. The summed E-state index contributed by atoms with van der Waals surface area (Å²) in [7, 11) is 0. The van der Waals surface area contributed by atoms with Crippen molar-refractivity contribution < 1.29 is 0 Å². The van der Waals surface area contributed by atoms with Crippen LogP contribution in [0.1, 0.15) is 43.8 Å². The van der Waals surface area contributed by atoms with E-state index in [2.05, 4.69) is 44.5 Å². The quantitative estimate of drug-likeness (QED) is 0.823. The Hall–Kier alpha value is -1.81. The predicted octanol–water partition coefficient (Wildman–Crippen LogP) is 4.74. The molecule has 1 saturated carbocycles. The van der Waals surface area contributed by atoms with Crippen molar-refractivity contribution in [3.05, 3.63) is 41.3 Å². The van der Waals surface area contributed by atoms with Crippen LogP contribution < -0.4 is 10.2 Å². The van der Waals surface area contributed by atoms with E-state index in [1.807, 2.05) is 0 Å². The van der Waals surface area contributed by atoms with Gasteiger partial charge in [-0.05, 0) is 44.2 Å². The van der Waals surface area contributed by atoms with Crippen molar-refractivity contribution >= 4 is 28.8 Å². The molecule has 2 fully saturated rings. The molecule has 0 bridgehead atoms. The topological polar surface area (TPSA) is 41.0 Å². The lowest BCUT2D eigenvalue weighted by Crippen LogP contribution is -2.29. The molecule has 2 aliphatic rings. The summed E-state index contributed by atoms with van der Waals surface area (Å²) in [5, 5.41) is 3.97. The van der Waals surface area contributed by atoms with E-state index in [0.717, 1.165) is 30.4 Å². The van der Waals surface area contributed by atoms with Crippen LogP contribution in [0, 0.1) is 0 Å². The lowest BCUT2D eigenvalue weighted by Gasteiger charge is -2.30. The number of halogens is 1. The molecule has 0 radical (unpaired) electrons. The number of nitrogens with one attached hydrogen (secondary N) is 1. The molecule has 4 nitrogen and oxygen atoms in total. The Bertz CT molecular complexity index is 693. The lowest BCUT2D eigenvalue weighted by molar-refractivity contribution is 0.578. The van der Waals surface area contributed by atoms with Crippen molar-refractivity contribution in [3.8, 4) is 0 Å². The van der Waals surface area contributed by atoms with E-state index < -0.39 is 0 Å². The molecule has 1 aliphatic heterocycles. The minimum Gasteiger partial charge on any atom is -0.370 e. The zero-order valence-corrected chi connectivity index (χ0v) is 13.9. The summed E-state index contributed by atoms with van der Waals surface area (Å²) in [5.74, 6) is 2.15. The second-order valence-electron chi connectivity index (χ2n) is 6.40. The fraction of sp³-hybridized carbons (Fsp3) is 0.444. The van der Waals surface area contributed by atoms with Crippen molar-refractivity contribution in [2.75, 3.05) is 23.3 Å². The molecule has 5 heteroatoms. The van der Waals surface area contributed by atoms with Crippen LogP contribution in [0.25, 0.3) is 0 Å². The van der Waals surface area contributed by atoms with Gasteiger partial charge in [0.15, 0.2) is 0 Å². The van der Waals surface area contributed by atoms with Crippen LogP contribution in [0.15, 0.2) is 30.3 Å². The minimum atomic E-state index is 0.492. The molecule has 2 heterocycles. The SMILES string of the molecule is Clc1cc(Nc2ccccc2N2CCCCC2)nc(C2CC2)n1. The summed E-state index contributed by atoms with van der Waals surface area (Å²) in [6, 6.07) is 10.2. The van der Waals surface area contributed by atoms with Crippen molar-refractivity contribution in [2.24, 2.45) is 0 Å². The van der Waals surface area contributed by atoms with Crippen molar-refractivity contribution in [2.45, 2.75) is 38.0 Å². The zero-order chi connectivity index (χ0) is 15.6. The number of aromatic nitrogens is 2. The average molecular weight is 329 g/mol. The van der Waals surface area contributed by atoms with Crippen LogP contribution in [-0.2, 0) is 0 Å². The molecule has 0 atom stereocenters. The first-order valence-electron chi connectivity index (χ1n) is 8.45. The van der Waals surface area contributed by atoms with Gasteiger partial charge in [-0.15, -0.1) is 0 Å². The molecule has 23 heavy (non-hydrogen) atoms. The molecule has 0 unspecified atom stereocenters. The van der Waals surface area contributed by atoms with Crippen LogP contribution in [0.5, 0.6) is 0 Å². The molecule has 1 aromatic heterocycles. The van der Waals surface area contributed by atoms with Gasteiger partial charge in [0.25, 0.3) is 0 Å². The highest BCUT2D eigenvalue weighted by Crippen LogP contribution is 2.39. The molecule has 0 spiro atoms. The molecular formula is C18H21ClN4. The normalized spacial score (nSPS) is 18.0. The summed E-state index contributed by atoms with van der Waals surface area (Å²) >= 11 is 6.18. The van der Waals surface area contributed by atoms with Crippen LogP contribution in [0.3, 0.4) is 0 Å². The molecule has 4 rings (SSSR count). The number of para-hydroxylation sites is 2. The van der Waals surface area contributed by atoms with Gasteiger partial charge in [0, 0.05) is 25.1 Å². The van der Waals surface area contributed by atoms with E-state index in [0.29, 0.717) is 11.1 Å². The number of hydrogen-bond donors (Lipinski definition) is 1. The highest BCUT2D eigenvalue weighted by atomic mass is 35.5. The molecule has 1 aromatic carbocycles. The third-order valence-corrected chi connectivity index (χ3v) is 4.71. The number of anilines is 3. The van der Waals surface area contributed by atoms with Crippen molar-refractivity contribution in [1.29, 1.82) is 0 Å². The Morgan fingerprint density at radius 3 is 2.61 bits per heavy atom. The highest BCUT2D eigenvalue weighted by molar-refractivity contribution is 6.29. The number of hydrogen-bond acceptors (Lipinski definition) is 4. The second kappa shape index (κ2) is 6.36. The summed E-state index contributed by atoms with van der Waals surface area (Å²) in [6.07, 6.45) is 6.20. The van der Waals surface area contributed by atoms with Crippen LogP contribution in [-0.4, -0.2) is 23.1 Å². The fourth-order valence-corrected chi connectivity index (χ4v) is 3.34. The minimum absolute atomic E-state index is 0.492. The van der Waals surface area contributed by atoms with Crippen LogP contribution in [0.4, 0.5) is 17.2 Å². The van der Waals surface area contributed by atoms with Gasteiger partial charge in [0.1, 0.15) is 16.8 Å². The Kier molecular flexibility index (Phi) is 4.08. The van der Waals surface area contributed by atoms with E-state index in [4.69, 9.17) is 11.6 Å². The Balaban J connectivity index is 1.61. The van der Waals surface area contributed by atoms with Gasteiger partial charge in [0.05, 0.1) is 11.4 Å². The molecule has 0 amide bonds. The molecule has 1 N–H and O–H groups in total.